The molecule has 9 heteroatoms. The fraction of sp³-hybridized carbons (Fsp3) is 0.500. The van der Waals surface area contributed by atoms with Gasteiger partial charge in [0.2, 0.25) is 5.91 Å². The van der Waals surface area contributed by atoms with E-state index < -0.39 is 0 Å². The fourth-order valence-corrected chi connectivity index (χ4v) is 5.30. The SMILES string of the molecule is C[C@@H]1CN(C(=O)/C=C/CN2CCCN(C3CC3)CC2)Cc2ncc(C(=O)Nc3ccccc3Cl)n21. The molecule has 1 aromatic carbocycles. The van der Waals surface area contributed by atoms with Gasteiger partial charge < -0.3 is 14.8 Å². The Morgan fingerprint density at radius 3 is 2.80 bits per heavy atom. The number of hydrogen-bond donors (Lipinski definition) is 1. The van der Waals surface area contributed by atoms with Crippen LogP contribution in [-0.4, -0.2) is 81.4 Å². The van der Waals surface area contributed by atoms with Gasteiger partial charge in [-0.3, -0.25) is 19.4 Å². The van der Waals surface area contributed by atoms with Crippen molar-refractivity contribution in [2.75, 3.05) is 44.6 Å². The molecule has 0 radical (unpaired) electrons. The molecule has 1 N–H and O–H groups in total. The largest absolute Gasteiger partial charge is 0.330 e. The van der Waals surface area contributed by atoms with Crippen molar-refractivity contribution in [2.24, 2.45) is 0 Å². The maximum Gasteiger partial charge on any atom is 0.273 e. The van der Waals surface area contributed by atoms with Crippen molar-refractivity contribution in [1.82, 2.24) is 24.3 Å². The molecule has 2 aromatic rings. The summed E-state index contributed by atoms with van der Waals surface area (Å²) in [6, 6.07) is 7.89. The van der Waals surface area contributed by atoms with Gasteiger partial charge in [0, 0.05) is 38.3 Å². The van der Waals surface area contributed by atoms with E-state index in [0.29, 0.717) is 35.3 Å². The van der Waals surface area contributed by atoms with Gasteiger partial charge in [0.25, 0.3) is 5.91 Å². The van der Waals surface area contributed by atoms with Gasteiger partial charge in [-0.1, -0.05) is 29.8 Å². The van der Waals surface area contributed by atoms with E-state index in [0.717, 1.165) is 32.2 Å². The van der Waals surface area contributed by atoms with E-state index in [9.17, 15) is 9.59 Å². The zero-order valence-corrected chi connectivity index (χ0v) is 21.0. The van der Waals surface area contributed by atoms with Gasteiger partial charge >= 0.3 is 0 Å². The highest BCUT2D eigenvalue weighted by Crippen LogP contribution is 2.28. The van der Waals surface area contributed by atoms with Crippen LogP contribution < -0.4 is 5.32 Å². The number of carbonyl (C=O) groups is 2. The van der Waals surface area contributed by atoms with Crippen LogP contribution in [0.3, 0.4) is 0 Å². The molecular weight excluding hydrogens is 464 g/mol. The highest BCUT2D eigenvalue weighted by Gasteiger charge is 2.31. The summed E-state index contributed by atoms with van der Waals surface area (Å²) in [5.74, 6) is 0.436. The van der Waals surface area contributed by atoms with Crippen LogP contribution in [0, 0.1) is 0 Å². The summed E-state index contributed by atoms with van der Waals surface area (Å²) in [5.41, 5.74) is 1.03. The summed E-state index contributed by atoms with van der Waals surface area (Å²) in [5, 5.41) is 3.34. The lowest BCUT2D eigenvalue weighted by atomic mass is 10.2. The number of amides is 2. The first-order chi connectivity index (χ1) is 17.0. The lowest BCUT2D eigenvalue weighted by Crippen LogP contribution is -2.40. The second kappa shape index (κ2) is 10.5. The first-order valence-corrected chi connectivity index (χ1v) is 12.9. The number of carbonyl (C=O) groups excluding carboxylic acids is 2. The molecule has 2 fully saturated rings. The predicted molar refractivity (Wildman–Crippen MR) is 137 cm³/mol. The van der Waals surface area contributed by atoms with E-state index in [1.807, 2.05) is 29.7 Å². The number of para-hydroxylation sites is 1. The maximum absolute atomic E-state index is 12.9. The Labute approximate surface area is 211 Å². The molecule has 1 aliphatic carbocycles. The molecule has 0 spiro atoms. The van der Waals surface area contributed by atoms with Gasteiger partial charge in [-0.2, -0.15) is 0 Å². The summed E-state index contributed by atoms with van der Waals surface area (Å²) in [4.78, 5) is 37.1. The molecule has 1 atom stereocenters. The van der Waals surface area contributed by atoms with E-state index in [-0.39, 0.29) is 17.9 Å². The Bertz CT molecular complexity index is 1110. The standard InChI is InChI=1S/C26H33ClN6O2/c1-19-17-32(25(34)8-4-11-30-12-5-13-31(15-14-30)20-9-10-20)18-24-28-16-23(33(19)24)26(35)29-22-7-3-2-6-21(22)27/h2-4,6-8,16,19-20H,5,9-15,17-18H2,1H3,(H,29,35)/b8-4+/t19-/m1/s1. The minimum atomic E-state index is -0.263. The maximum atomic E-state index is 12.9. The molecule has 186 valence electrons. The highest BCUT2D eigenvalue weighted by atomic mass is 35.5. The second-order valence-electron chi connectivity index (χ2n) is 9.76. The lowest BCUT2D eigenvalue weighted by Gasteiger charge is -2.32. The number of halogens is 1. The van der Waals surface area contributed by atoms with Crippen molar-refractivity contribution in [3.05, 3.63) is 59.2 Å². The predicted octanol–water partition coefficient (Wildman–Crippen LogP) is 3.42. The van der Waals surface area contributed by atoms with Gasteiger partial charge in [0.05, 0.1) is 29.5 Å². The van der Waals surface area contributed by atoms with E-state index >= 15 is 0 Å². The molecule has 2 aliphatic heterocycles. The Kier molecular flexibility index (Phi) is 7.22. The summed E-state index contributed by atoms with van der Waals surface area (Å²) in [7, 11) is 0. The van der Waals surface area contributed by atoms with E-state index in [4.69, 9.17) is 11.6 Å². The van der Waals surface area contributed by atoms with Crippen LogP contribution in [0.25, 0.3) is 0 Å². The quantitative estimate of drug-likeness (QED) is 0.620. The van der Waals surface area contributed by atoms with E-state index in [2.05, 4.69) is 20.1 Å². The smallest absolute Gasteiger partial charge is 0.273 e. The fourth-order valence-electron chi connectivity index (χ4n) is 5.11. The Morgan fingerprint density at radius 2 is 2.00 bits per heavy atom. The zero-order valence-electron chi connectivity index (χ0n) is 20.2. The van der Waals surface area contributed by atoms with Gasteiger partial charge in [-0.05, 0) is 51.4 Å². The van der Waals surface area contributed by atoms with Crippen LogP contribution in [-0.2, 0) is 11.3 Å². The zero-order chi connectivity index (χ0) is 24.4. The molecule has 2 amide bonds. The Hall–Kier alpha value is -2.68. The van der Waals surface area contributed by atoms with Crippen molar-refractivity contribution < 1.29 is 9.59 Å². The number of aromatic nitrogens is 2. The summed E-state index contributed by atoms with van der Waals surface area (Å²) in [6.45, 7) is 8.18. The molecule has 0 unspecified atom stereocenters. The van der Waals surface area contributed by atoms with E-state index in [1.165, 1.54) is 25.8 Å². The molecule has 35 heavy (non-hydrogen) atoms. The molecule has 3 aliphatic rings. The van der Waals surface area contributed by atoms with Crippen molar-refractivity contribution in [3.8, 4) is 0 Å². The number of rotatable bonds is 6. The average Bonchev–Trinajstić information content (AvgIpc) is 3.63. The number of imidazole rings is 1. The third kappa shape index (κ3) is 5.60. The molecular formula is C26H33ClN6O2. The van der Waals surface area contributed by atoms with Gasteiger partial charge in [0.15, 0.2) is 0 Å². The number of nitrogens with one attached hydrogen (secondary N) is 1. The molecule has 1 aromatic heterocycles. The number of nitrogens with zero attached hydrogens (tertiary/aromatic N) is 5. The molecule has 0 bridgehead atoms. The normalized spacial score (nSPS) is 21.7. The van der Waals surface area contributed by atoms with Crippen LogP contribution in [0.15, 0.2) is 42.6 Å². The Balaban J connectivity index is 1.17. The third-order valence-electron chi connectivity index (χ3n) is 7.11. The number of benzene rings is 1. The van der Waals surface area contributed by atoms with Gasteiger partial charge in [0.1, 0.15) is 11.5 Å². The molecule has 1 saturated carbocycles. The molecule has 8 nitrogen and oxygen atoms in total. The summed E-state index contributed by atoms with van der Waals surface area (Å²) < 4.78 is 1.92. The van der Waals surface area contributed by atoms with Crippen LogP contribution >= 0.6 is 11.6 Å². The van der Waals surface area contributed by atoms with Crippen molar-refractivity contribution in [1.29, 1.82) is 0 Å². The van der Waals surface area contributed by atoms with Crippen LogP contribution in [0.1, 0.15) is 48.5 Å². The van der Waals surface area contributed by atoms with Crippen LogP contribution in [0.2, 0.25) is 5.02 Å². The number of anilines is 1. The molecule has 3 heterocycles. The third-order valence-corrected chi connectivity index (χ3v) is 7.44. The second-order valence-corrected chi connectivity index (χ2v) is 10.2. The first-order valence-electron chi connectivity index (χ1n) is 12.5. The summed E-state index contributed by atoms with van der Waals surface area (Å²) in [6.07, 6.45) is 9.16. The van der Waals surface area contributed by atoms with Crippen molar-refractivity contribution in [3.63, 3.8) is 0 Å². The Morgan fingerprint density at radius 1 is 1.17 bits per heavy atom. The first kappa shape index (κ1) is 24.0. The highest BCUT2D eigenvalue weighted by molar-refractivity contribution is 6.33. The topological polar surface area (TPSA) is 73.7 Å². The molecule has 5 rings (SSSR count). The number of fused-ring (bicyclic) bond motifs is 1. The minimum Gasteiger partial charge on any atom is -0.330 e. The number of hydrogen-bond acceptors (Lipinski definition) is 5. The van der Waals surface area contributed by atoms with Crippen LogP contribution in [0.5, 0.6) is 0 Å². The minimum absolute atomic E-state index is 0.0115. The average molecular weight is 497 g/mol. The van der Waals surface area contributed by atoms with Crippen LogP contribution in [0.4, 0.5) is 5.69 Å². The molecule has 1 saturated heterocycles. The van der Waals surface area contributed by atoms with Crippen molar-refractivity contribution >= 4 is 29.1 Å². The monoisotopic (exact) mass is 496 g/mol. The lowest BCUT2D eigenvalue weighted by molar-refractivity contribution is -0.128. The van der Waals surface area contributed by atoms with Gasteiger partial charge in [-0.15, -0.1) is 0 Å². The van der Waals surface area contributed by atoms with Crippen molar-refractivity contribution in [2.45, 2.75) is 44.8 Å². The van der Waals surface area contributed by atoms with E-state index in [1.54, 1.807) is 29.3 Å². The van der Waals surface area contributed by atoms with Gasteiger partial charge in [-0.25, -0.2) is 4.98 Å². The summed E-state index contributed by atoms with van der Waals surface area (Å²) >= 11 is 6.18.